The molecule has 0 bridgehead atoms. The first-order valence-electron chi connectivity index (χ1n) is 10.8. The van der Waals surface area contributed by atoms with E-state index in [1.165, 1.54) is 10.4 Å². The van der Waals surface area contributed by atoms with Crippen molar-refractivity contribution < 1.29 is 18.0 Å². The number of nitrogens with one attached hydrogen (secondary N) is 2. The molecular formula is C24H31N3O4S. The summed E-state index contributed by atoms with van der Waals surface area (Å²) >= 11 is 0. The maximum Gasteiger partial charge on any atom is 0.255 e. The summed E-state index contributed by atoms with van der Waals surface area (Å²) in [6.45, 7) is 8.38. The van der Waals surface area contributed by atoms with Crippen LogP contribution in [0.15, 0.2) is 47.4 Å². The summed E-state index contributed by atoms with van der Waals surface area (Å²) in [6.07, 6.45) is 2.70. The quantitative estimate of drug-likeness (QED) is 0.711. The van der Waals surface area contributed by atoms with Gasteiger partial charge in [0.25, 0.3) is 11.8 Å². The topological polar surface area (TPSA) is 95.6 Å². The van der Waals surface area contributed by atoms with Crippen LogP contribution < -0.4 is 10.6 Å². The van der Waals surface area contributed by atoms with E-state index in [1.54, 1.807) is 43.3 Å². The van der Waals surface area contributed by atoms with Gasteiger partial charge in [0, 0.05) is 24.2 Å². The van der Waals surface area contributed by atoms with Gasteiger partial charge in [0.1, 0.15) is 0 Å². The van der Waals surface area contributed by atoms with E-state index < -0.39 is 21.5 Å². The molecule has 0 saturated carbocycles. The van der Waals surface area contributed by atoms with Crippen molar-refractivity contribution >= 4 is 27.5 Å². The number of para-hydroxylation sites is 1. The van der Waals surface area contributed by atoms with Crippen molar-refractivity contribution in [1.82, 2.24) is 9.62 Å². The third-order valence-corrected chi connectivity index (χ3v) is 7.21. The largest absolute Gasteiger partial charge is 0.347 e. The van der Waals surface area contributed by atoms with Crippen LogP contribution in [-0.2, 0) is 10.0 Å². The Morgan fingerprint density at radius 3 is 2.22 bits per heavy atom. The lowest BCUT2D eigenvalue weighted by Crippen LogP contribution is -2.40. The second kappa shape index (κ2) is 9.42. The van der Waals surface area contributed by atoms with E-state index in [0.29, 0.717) is 29.9 Å². The van der Waals surface area contributed by atoms with E-state index in [-0.39, 0.29) is 16.4 Å². The zero-order valence-electron chi connectivity index (χ0n) is 19.1. The van der Waals surface area contributed by atoms with E-state index in [4.69, 9.17) is 0 Å². The molecule has 2 amide bonds. The average Bonchev–Trinajstić information content (AvgIpc) is 2.73. The minimum atomic E-state index is -3.66. The number of carbonyl (C=O) groups is 2. The summed E-state index contributed by atoms with van der Waals surface area (Å²) in [7, 11) is -3.66. The number of hydrogen-bond donors (Lipinski definition) is 2. The van der Waals surface area contributed by atoms with Crippen molar-refractivity contribution in [1.29, 1.82) is 0 Å². The summed E-state index contributed by atoms with van der Waals surface area (Å²) < 4.78 is 27.6. The highest BCUT2D eigenvalue weighted by molar-refractivity contribution is 7.89. The molecule has 172 valence electrons. The van der Waals surface area contributed by atoms with Gasteiger partial charge >= 0.3 is 0 Å². The lowest BCUT2D eigenvalue weighted by Gasteiger charge is -2.26. The smallest absolute Gasteiger partial charge is 0.255 e. The van der Waals surface area contributed by atoms with E-state index >= 15 is 0 Å². The summed E-state index contributed by atoms with van der Waals surface area (Å²) in [5.41, 5.74) is 1.18. The summed E-state index contributed by atoms with van der Waals surface area (Å²) in [5, 5.41) is 5.67. The zero-order valence-corrected chi connectivity index (χ0v) is 19.9. The maximum atomic E-state index is 13.1. The molecule has 1 aliphatic heterocycles. The van der Waals surface area contributed by atoms with Crippen LogP contribution in [0.25, 0.3) is 0 Å². The molecule has 3 rings (SSSR count). The molecule has 1 heterocycles. The minimum absolute atomic E-state index is 0.105. The number of benzene rings is 2. The first kappa shape index (κ1) is 23.9. The predicted molar refractivity (Wildman–Crippen MR) is 125 cm³/mol. The molecule has 0 aliphatic carbocycles. The highest BCUT2D eigenvalue weighted by atomic mass is 32.2. The van der Waals surface area contributed by atoms with Crippen molar-refractivity contribution in [2.45, 2.75) is 57.4 Å². The van der Waals surface area contributed by atoms with Gasteiger partial charge in [-0.3, -0.25) is 9.59 Å². The number of aryl methyl sites for hydroxylation is 1. The van der Waals surface area contributed by atoms with E-state index in [0.717, 1.165) is 19.3 Å². The third kappa shape index (κ3) is 5.55. The lowest BCUT2D eigenvalue weighted by atomic mass is 10.1. The van der Waals surface area contributed by atoms with Crippen LogP contribution in [0, 0.1) is 6.92 Å². The molecule has 2 N–H and O–H groups in total. The molecule has 0 atom stereocenters. The normalized spacial score (nSPS) is 15.2. The van der Waals surface area contributed by atoms with E-state index in [9.17, 15) is 18.0 Å². The Bertz CT molecular complexity index is 1110. The van der Waals surface area contributed by atoms with Gasteiger partial charge in [-0.2, -0.15) is 4.31 Å². The van der Waals surface area contributed by atoms with Crippen LogP contribution in [0.1, 0.15) is 66.3 Å². The van der Waals surface area contributed by atoms with E-state index in [2.05, 4.69) is 10.6 Å². The fourth-order valence-electron chi connectivity index (χ4n) is 3.65. The molecule has 1 saturated heterocycles. The standard InChI is InChI=1S/C24H31N3O4S/c1-17-12-13-18(32(30,31)27-14-8-5-9-15-27)16-20(17)22(28)25-21-11-7-6-10-19(21)23(29)26-24(2,3)4/h6-7,10-13,16H,5,8-9,14-15H2,1-4H3,(H,25,28)(H,26,29). The molecule has 0 unspecified atom stereocenters. The van der Waals surface area contributed by atoms with Gasteiger partial charge in [-0.1, -0.05) is 24.6 Å². The lowest BCUT2D eigenvalue weighted by molar-refractivity contribution is 0.0920. The Balaban J connectivity index is 1.88. The second-order valence-electron chi connectivity index (χ2n) is 9.15. The number of carbonyl (C=O) groups excluding carboxylic acids is 2. The number of hydrogen-bond acceptors (Lipinski definition) is 4. The summed E-state index contributed by atoms with van der Waals surface area (Å²) in [4.78, 5) is 25.9. The van der Waals surface area contributed by atoms with Gasteiger partial charge < -0.3 is 10.6 Å². The Hall–Kier alpha value is -2.71. The molecule has 2 aromatic carbocycles. The van der Waals surface area contributed by atoms with Crippen molar-refractivity contribution in [2.75, 3.05) is 18.4 Å². The molecule has 32 heavy (non-hydrogen) atoms. The molecule has 8 heteroatoms. The number of piperidine rings is 1. The number of anilines is 1. The number of rotatable bonds is 5. The zero-order chi connectivity index (χ0) is 23.5. The maximum absolute atomic E-state index is 13.1. The molecule has 0 radical (unpaired) electrons. The Labute approximate surface area is 190 Å². The van der Waals surface area contributed by atoms with Crippen LogP contribution in [0.3, 0.4) is 0 Å². The molecular weight excluding hydrogens is 426 g/mol. The minimum Gasteiger partial charge on any atom is -0.347 e. The van der Waals surface area contributed by atoms with Gasteiger partial charge in [0.15, 0.2) is 0 Å². The van der Waals surface area contributed by atoms with Crippen LogP contribution >= 0.6 is 0 Å². The molecule has 2 aromatic rings. The van der Waals surface area contributed by atoms with Crippen LogP contribution in [0.2, 0.25) is 0 Å². The van der Waals surface area contributed by atoms with Crippen LogP contribution in [0.4, 0.5) is 5.69 Å². The van der Waals surface area contributed by atoms with Gasteiger partial charge in [-0.05, 0) is 70.4 Å². The first-order valence-corrected chi connectivity index (χ1v) is 12.3. The number of sulfonamides is 1. The number of amides is 2. The van der Waals surface area contributed by atoms with E-state index in [1.807, 2.05) is 20.8 Å². The van der Waals surface area contributed by atoms with Gasteiger partial charge in [0.05, 0.1) is 16.1 Å². The fraction of sp³-hybridized carbons (Fsp3) is 0.417. The number of nitrogens with zero attached hydrogens (tertiary/aromatic N) is 1. The molecule has 0 aromatic heterocycles. The summed E-state index contributed by atoms with van der Waals surface area (Å²) in [5.74, 6) is -0.763. The second-order valence-corrected chi connectivity index (χ2v) is 11.1. The van der Waals surface area contributed by atoms with Crippen molar-refractivity contribution in [3.05, 3.63) is 59.2 Å². The molecule has 0 spiro atoms. The molecule has 7 nitrogen and oxygen atoms in total. The van der Waals surface area contributed by atoms with Crippen molar-refractivity contribution in [3.63, 3.8) is 0 Å². The van der Waals surface area contributed by atoms with Gasteiger partial charge in [-0.15, -0.1) is 0 Å². The highest BCUT2D eigenvalue weighted by Crippen LogP contribution is 2.24. The Kier molecular flexibility index (Phi) is 7.05. The Morgan fingerprint density at radius 2 is 1.56 bits per heavy atom. The first-order chi connectivity index (χ1) is 15.0. The van der Waals surface area contributed by atoms with Crippen LogP contribution in [-0.4, -0.2) is 43.2 Å². The van der Waals surface area contributed by atoms with Crippen molar-refractivity contribution in [3.8, 4) is 0 Å². The average molecular weight is 458 g/mol. The fourth-order valence-corrected chi connectivity index (χ4v) is 5.19. The van der Waals surface area contributed by atoms with Crippen LogP contribution in [0.5, 0.6) is 0 Å². The summed E-state index contributed by atoms with van der Waals surface area (Å²) in [6, 6.07) is 11.4. The van der Waals surface area contributed by atoms with Crippen molar-refractivity contribution in [2.24, 2.45) is 0 Å². The highest BCUT2D eigenvalue weighted by Gasteiger charge is 2.27. The Morgan fingerprint density at radius 1 is 0.906 bits per heavy atom. The van der Waals surface area contributed by atoms with Gasteiger partial charge in [0.2, 0.25) is 10.0 Å². The third-order valence-electron chi connectivity index (χ3n) is 5.31. The molecule has 1 aliphatic rings. The SMILES string of the molecule is Cc1ccc(S(=O)(=O)N2CCCCC2)cc1C(=O)Nc1ccccc1C(=O)NC(C)(C)C. The van der Waals surface area contributed by atoms with Gasteiger partial charge in [-0.25, -0.2) is 8.42 Å². The molecule has 1 fully saturated rings. The monoisotopic (exact) mass is 457 g/mol. The predicted octanol–water partition coefficient (Wildman–Crippen LogP) is 3.95.